The quantitative estimate of drug-likeness (QED) is 0.768. The SMILES string of the molecule is Cc1ccc(-c2[nH]ncc2CNCCCN2CCCC2=O)o1. The highest BCUT2D eigenvalue weighted by Crippen LogP contribution is 2.23. The third-order valence-electron chi connectivity index (χ3n) is 3.97. The molecule has 0 bridgehead atoms. The first-order valence-corrected chi connectivity index (χ1v) is 7.81. The van der Waals surface area contributed by atoms with E-state index in [1.165, 1.54) is 0 Å². The molecule has 2 aromatic rings. The third kappa shape index (κ3) is 3.39. The Morgan fingerprint density at radius 2 is 2.36 bits per heavy atom. The van der Waals surface area contributed by atoms with Crippen LogP contribution in [0, 0.1) is 6.92 Å². The van der Waals surface area contributed by atoms with Gasteiger partial charge in [0.25, 0.3) is 0 Å². The van der Waals surface area contributed by atoms with E-state index in [9.17, 15) is 4.79 Å². The molecule has 0 aromatic carbocycles. The van der Waals surface area contributed by atoms with Crippen LogP contribution < -0.4 is 5.32 Å². The van der Waals surface area contributed by atoms with Gasteiger partial charge in [-0.1, -0.05) is 0 Å². The van der Waals surface area contributed by atoms with Crippen LogP contribution in [0.2, 0.25) is 0 Å². The summed E-state index contributed by atoms with van der Waals surface area (Å²) in [6.45, 7) is 5.31. The van der Waals surface area contributed by atoms with E-state index in [1.54, 1.807) is 0 Å². The minimum Gasteiger partial charge on any atom is -0.460 e. The topological polar surface area (TPSA) is 74.2 Å². The van der Waals surface area contributed by atoms with Gasteiger partial charge in [-0.25, -0.2) is 0 Å². The van der Waals surface area contributed by atoms with Crippen LogP contribution in [0.15, 0.2) is 22.7 Å². The van der Waals surface area contributed by atoms with Crippen LogP contribution in [0.4, 0.5) is 0 Å². The molecule has 0 atom stereocenters. The highest BCUT2D eigenvalue weighted by Gasteiger charge is 2.18. The molecule has 0 saturated carbocycles. The Morgan fingerprint density at radius 3 is 3.09 bits per heavy atom. The van der Waals surface area contributed by atoms with Gasteiger partial charge in [-0.05, 0) is 38.4 Å². The number of aromatic nitrogens is 2. The van der Waals surface area contributed by atoms with E-state index in [1.807, 2.05) is 30.2 Å². The molecule has 1 amide bonds. The fourth-order valence-electron chi connectivity index (χ4n) is 2.79. The number of hydrogen-bond acceptors (Lipinski definition) is 4. The molecule has 6 heteroatoms. The van der Waals surface area contributed by atoms with E-state index in [4.69, 9.17) is 4.42 Å². The third-order valence-corrected chi connectivity index (χ3v) is 3.97. The van der Waals surface area contributed by atoms with Crippen molar-refractivity contribution in [3.8, 4) is 11.5 Å². The highest BCUT2D eigenvalue weighted by molar-refractivity contribution is 5.77. The van der Waals surface area contributed by atoms with Gasteiger partial charge in [-0.3, -0.25) is 9.89 Å². The molecule has 1 aliphatic rings. The number of nitrogens with zero attached hydrogens (tertiary/aromatic N) is 2. The number of H-pyrrole nitrogens is 1. The van der Waals surface area contributed by atoms with E-state index in [2.05, 4.69) is 15.5 Å². The summed E-state index contributed by atoms with van der Waals surface area (Å²) in [5.41, 5.74) is 2.02. The zero-order valence-corrected chi connectivity index (χ0v) is 12.9. The first kappa shape index (κ1) is 14.8. The second kappa shape index (κ2) is 6.79. The molecule has 0 radical (unpaired) electrons. The van der Waals surface area contributed by atoms with Crippen molar-refractivity contribution in [2.75, 3.05) is 19.6 Å². The second-order valence-corrected chi connectivity index (χ2v) is 5.70. The number of carbonyl (C=O) groups excluding carboxylic acids is 1. The first-order chi connectivity index (χ1) is 10.7. The summed E-state index contributed by atoms with van der Waals surface area (Å²) in [6, 6.07) is 3.89. The maximum atomic E-state index is 11.5. The number of aromatic amines is 1. The van der Waals surface area contributed by atoms with E-state index >= 15 is 0 Å². The number of amides is 1. The van der Waals surface area contributed by atoms with Crippen molar-refractivity contribution in [2.45, 2.75) is 32.7 Å². The predicted molar refractivity (Wildman–Crippen MR) is 83.2 cm³/mol. The average molecular weight is 302 g/mol. The number of hydrogen-bond donors (Lipinski definition) is 2. The number of furan rings is 1. The zero-order valence-electron chi connectivity index (χ0n) is 12.9. The monoisotopic (exact) mass is 302 g/mol. The van der Waals surface area contributed by atoms with Crippen molar-refractivity contribution >= 4 is 5.91 Å². The van der Waals surface area contributed by atoms with Crippen LogP contribution in [-0.2, 0) is 11.3 Å². The van der Waals surface area contributed by atoms with Crippen molar-refractivity contribution in [3.63, 3.8) is 0 Å². The molecule has 22 heavy (non-hydrogen) atoms. The lowest BCUT2D eigenvalue weighted by Crippen LogP contribution is -2.28. The molecule has 1 saturated heterocycles. The van der Waals surface area contributed by atoms with E-state index in [-0.39, 0.29) is 0 Å². The zero-order chi connectivity index (χ0) is 15.4. The van der Waals surface area contributed by atoms with Crippen molar-refractivity contribution in [1.29, 1.82) is 0 Å². The summed E-state index contributed by atoms with van der Waals surface area (Å²) in [7, 11) is 0. The molecule has 0 spiro atoms. The van der Waals surface area contributed by atoms with Crippen LogP contribution >= 0.6 is 0 Å². The summed E-state index contributed by atoms with van der Waals surface area (Å²) in [6.07, 6.45) is 4.52. The van der Waals surface area contributed by atoms with Gasteiger partial charge in [0.05, 0.1) is 6.20 Å². The van der Waals surface area contributed by atoms with Crippen molar-refractivity contribution in [1.82, 2.24) is 20.4 Å². The Bertz CT molecular complexity index is 632. The molecule has 2 N–H and O–H groups in total. The minimum atomic E-state index is 0.297. The number of carbonyl (C=O) groups is 1. The molecule has 2 aromatic heterocycles. The van der Waals surface area contributed by atoms with E-state index < -0.39 is 0 Å². The van der Waals surface area contributed by atoms with Crippen molar-refractivity contribution in [2.24, 2.45) is 0 Å². The largest absolute Gasteiger partial charge is 0.460 e. The lowest BCUT2D eigenvalue weighted by Gasteiger charge is -2.15. The van der Waals surface area contributed by atoms with Gasteiger partial charge in [0.1, 0.15) is 11.5 Å². The van der Waals surface area contributed by atoms with Crippen LogP contribution in [0.25, 0.3) is 11.5 Å². The fraction of sp³-hybridized carbons (Fsp3) is 0.500. The Balaban J connectivity index is 1.44. The smallest absolute Gasteiger partial charge is 0.222 e. The van der Waals surface area contributed by atoms with Gasteiger partial charge in [-0.15, -0.1) is 0 Å². The van der Waals surface area contributed by atoms with Crippen molar-refractivity contribution < 1.29 is 9.21 Å². The van der Waals surface area contributed by atoms with Gasteiger partial charge in [0.2, 0.25) is 5.91 Å². The van der Waals surface area contributed by atoms with Gasteiger partial charge in [0, 0.05) is 31.6 Å². The summed E-state index contributed by atoms with van der Waals surface area (Å²) in [4.78, 5) is 13.5. The molecular formula is C16H22N4O2. The van der Waals surface area contributed by atoms with Gasteiger partial charge < -0.3 is 14.6 Å². The molecule has 0 unspecified atom stereocenters. The maximum absolute atomic E-state index is 11.5. The molecule has 3 heterocycles. The predicted octanol–water partition coefficient (Wildman–Crippen LogP) is 2.08. The molecule has 1 aliphatic heterocycles. The van der Waals surface area contributed by atoms with Crippen LogP contribution in [0.5, 0.6) is 0 Å². The van der Waals surface area contributed by atoms with E-state index in [0.29, 0.717) is 12.3 Å². The number of rotatable bonds is 7. The Kier molecular flexibility index (Phi) is 4.58. The summed E-state index contributed by atoms with van der Waals surface area (Å²) in [5, 5.41) is 10.5. The lowest BCUT2D eigenvalue weighted by atomic mass is 10.2. The Labute approximate surface area is 129 Å². The van der Waals surface area contributed by atoms with Gasteiger partial charge >= 0.3 is 0 Å². The average Bonchev–Trinajstić information content (AvgIpc) is 3.21. The van der Waals surface area contributed by atoms with Gasteiger partial charge in [0.15, 0.2) is 5.76 Å². The summed E-state index contributed by atoms with van der Waals surface area (Å²) < 4.78 is 5.63. The molecular weight excluding hydrogens is 280 g/mol. The molecule has 1 fully saturated rings. The van der Waals surface area contributed by atoms with Crippen molar-refractivity contribution in [3.05, 3.63) is 29.7 Å². The Morgan fingerprint density at radius 1 is 1.45 bits per heavy atom. The van der Waals surface area contributed by atoms with Crippen LogP contribution in [0.3, 0.4) is 0 Å². The molecule has 6 nitrogen and oxygen atoms in total. The van der Waals surface area contributed by atoms with Crippen LogP contribution in [0.1, 0.15) is 30.6 Å². The normalized spacial score (nSPS) is 15.0. The molecule has 3 rings (SSSR count). The standard InChI is InChI=1S/C16H22N4O2/c1-12-5-6-14(22-12)16-13(11-18-19-16)10-17-7-3-9-20-8-2-4-15(20)21/h5-6,11,17H,2-4,7-10H2,1H3,(H,18,19). The second-order valence-electron chi connectivity index (χ2n) is 5.70. The highest BCUT2D eigenvalue weighted by atomic mass is 16.3. The Hall–Kier alpha value is -2.08. The summed E-state index contributed by atoms with van der Waals surface area (Å²) >= 11 is 0. The number of likely N-dealkylation sites (tertiary alicyclic amines) is 1. The van der Waals surface area contributed by atoms with Gasteiger partial charge in [-0.2, -0.15) is 5.10 Å². The molecule has 118 valence electrons. The number of aryl methyl sites for hydroxylation is 1. The fourth-order valence-corrected chi connectivity index (χ4v) is 2.79. The lowest BCUT2D eigenvalue weighted by molar-refractivity contribution is -0.127. The molecule has 0 aliphatic carbocycles. The minimum absolute atomic E-state index is 0.297. The van der Waals surface area contributed by atoms with E-state index in [0.717, 1.165) is 61.8 Å². The maximum Gasteiger partial charge on any atom is 0.222 e. The first-order valence-electron chi connectivity index (χ1n) is 7.81. The number of nitrogens with one attached hydrogen (secondary N) is 2. The van der Waals surface area contributed by atoms with Crippen LogP contribution in [-0.4, -0.2) is 40.6 Å². The summed E-state index contributed by atoms with van der Waals surface area (Å²) in [5.74, 6) is 2.00.